The van der Waals surface area contributed by atoms with Crippen LogP contribution in [-0.4, -0.2) is 27.5 Å². The fourth-order valence-corrected chi connectivity index (χ4v) is 2.68. The summed E-state index contributed by atoms with van der Waals surface area (Å²) in [5.74, 6) is -1.57. The lowest BCUT2D eigenvalue weighted by molar-refractivity contribution is 0.0670. The molecule has 116 valence electrons. The number of aryl methyl sites for hydroxylation is 1. The predicted octanol–water partition coefficient (Wildman–Crippen LogP) is 2.51. The maximum atomic E-state index is 11.8. The normalized spacial score (nSPS) is 10.6. The Balaban J connectivity index is 3.38. The van der Waals surface area contributed by atoms with Crippen molar-refractivity contribution in [3.8, 4) is 0 Å². The van der Waals surface area contributed by atoms with Crippen LogP contribution in [0, 0.1) is 0 Å². The maximum Gasteiger partial charge on any atom is 0.336 e. The zero-order chi connectivity index (χ0) is 15.8. The summed E-state index contributed by atoms with van der Waals surface area (Å²) in [5.41, 5.74) is 2.18. The molecule has 1 aromatic carbocycles. The molecule has 0 aliphatic heterocycles. The van der Waals surface area contributed by atoms with Gasteiger partial charge in [0.05, 0.1) is 11.1 Å². The molecule has 0 aromatic heterocycles. The van der Waals surface area contributed by atoms with Crippen molar-refractivity contribution in [2.45, 2.75) is 52.4 Å². The highest BCUT2D eigenvalue weighted by atomic mass is 28.2. The van der Waals surface area contributed by atoms with E-state index in [0.717, 1.165) is 43.2 Å². The van der Waals surface area contributed by atoms with Gasteiger partial charge < -0.3 is 9.53 Å². The lowest BCUT2D eigenvalue weighted by atomic mass is 9.90. The Morgan fingerprint density at radius 1 is 1.14 bits per heavy atom. The van der Waals surface area contributed by atoms with Gasteiger partial charge in [-0.2, -0.15) is 0 Å². The van der Waals surface area contributed by atoms with Crippen LogP contribution < -0.4 is 0 Å². The molecule has 0 atom stereocenters. The third-order valence-corrected chi connectivity index (χ3v) is 3.98. The van der Waals surface area contributed by atoms with Gasteiger partial charge in [0.15, 0.2) is 0 Å². The average molecular weight is 308 g/mol. The average Bonchev–Trinajstić information content (AvgIpc) is 2.49. The second kappa shape index (κ2) is 8.62. The number of carboxylic acid groups (broad SMARTS) is 1. The van der Waals surface area contributed by atoms with E-state index in [0.29, 0.717) is 6.42 Å². The van der Waals surface area contributed by atoms with Crippen LogP contribution in [0.4, 0.5) is 0 Å². The number of rotatable bonds is 8. The molecular weight excluding hydrogens is 284 g/mol. The van der Waals surface area contributed by atoms with E-state index >= 15 is 0 Å². The highest BCUT2D eigenvalue weighted by Crippen LogP contribution is 2.24. The third-order valence-electron chi connectivity index (χ3n) is 3.61. The Morgan fingerprint density at radius 2 is 1.76 bits per heavy atom. The first-order valence-electron chi connectivity index (χ1n) is 7.53. The quantitative estimate of drug-likeness (QED) is 0.750. The summed E-state index contributed by atoms with van der Waals surface area (Å²) >= 11 is 0. The van der Waals surface area contributed by atoms with Gasteiger partial charge in [-0.3, -0.25) is 0 Å². The van der Waals surface area contributed by atoms with Crippen molar-refractivity contribution < 1.29 is 19.1 Å². The van der Waals surface area contributed by atoms with Gasteiger partial charge in [-0.05, 0) is 42.9 Å². The number of aromatic carboxylic acids is 1. The Kier molecular flexibility index (Phi) is 7.15. The SMILES string of the molecule is CCCCc1ccc(C(=O)O[SiH3])c(C(=O)O)c1CCCC. The van der Waals surface area contributed by atoms with E-state index in [2.05, 4.69) is 13.8 Å². The maximum absolute atomic E-state index is 11.8. The van der Waals surface area contributed by atoms with Crippen molar-refractivity contribution >= 4 is 22.4 Å². The minimum atomic E-state index is -1.04. The van der Waals surface area contributed by atoms with Gasteiger partial charge in [-0.25, -0.2) is 9.59 Å². The third kappa shape index (κ3) is 4.42. The number of carbonyl (C=O) groups is 2. The summed E-state index contributed by atoms with van der Waals surface area (Å²) in [6, 6.07) is 3.49. The molecule has 0 radical (unpaired) electrons. The van der Waals surface area contributed by atoms with Crippen LogP contribution in [-0.2, 0) is 17.3 Å². The summed E-state index contributed by atoms with van der Waals surface area (Å²) in [4.78, 5) is 23.5. The molecule has 0 aliphatic carbocycles. The molecule has 21 heavy (non-hydrogen) atoms. The van der Waals surface area contributed by atoms with Gasteiger partial charge in [-0.1, -0.05) is 32.8 Å². The number of unbranched alkanes of at least 4 members (excludes halogenated alkanes) is 2. The van der Waals surface area contributed by atoms with Gasteiger partial charge in [0.2, 0.25) is 10.5 Å². The summed E-state index contributed by atoms with van der Waals surface area (Å²) in [5, 5.41) is 9.54. The van der Waals surface area contributed by atoms with Gasteiger partial charge in [0.25, 0.3) is 0 Å². The molecular formula is C16H24O4Si. The van der Waals surface area contributed by atoms with Crippen molar-refractivity contribution in [2.24, 2.45) is 0 Å². The molecule has 1 rings (SSSR count). The fraction of sp³-hybridized carbons (Fsp3) is 0.500. The van der Waals surface area contributed by atoms with E-state index in [-0.39, 0.29) is 21.6 Å². The van der Waals surface area contributed by atoms with Gasteiger partial charge in [0, 0.05) is 0 Å². The lowest BCUT2D eigenvalue weighted by Gasteiger charge is -2.15. The van der Waals surface area contributed by atoms with Crippen LogP contribution in [0.2, 0.25) is 0 Å². The van der Waals surface area contributed by atoms with Crippen LogP contribution in [0.25, 0.3) is 0 Å². The zero-order valence-corrected chi connectivity index (χ0v) is 15.1. The van der Waals surface area contributed by atoms with Crippen LogP contribution in [0.15, 0.2) is 12.1 Å². The summed E-state index contributed by atoms with van der Waals surface area (Å²) in [6.45, 7) is 4.18. The molecule has 0 unspecified atom stereocenters. The first kappa shape index (κ1) is 17.4. The van der Waals surface area contributed by atoms with Crippen LogP contribution >= 0.6 is 0 Å². The van der Waals surface area contributed by atoms with E-state index in [1.54, 1.807) is 6.07 Å². The second-order valence-electron chi connectivity index (χ2n) is 5.13. The lowest BCUT2D eigenvalue weighted by Crippen LogP contribution is -2.15. The number of carbonyl (C=O) groups excluding carboxylic acids is 1. The number of benzene rings is 1. The first-order chi connectivity index (χ1) is 10.1. The van der Waals surface area contributed by atoms with Gasteiger partial charge >= 0.3 is 11.9 Å². The smallest absolute Gasteiger partial charge is 0.336 e. The molecule has 0 saturated heterocycles. The molecule has 0 heterocycles. The van der Waals surface area contributed by atoms with Crippen molar-refractivity contribution in [3.63, 3.8) is 0 Å². The van der Waals surface area contributed by atoms with E-state index in [9.17, 15) is 14.7 Å². The minimum Gasteiger partial charge on any atom is -0.525 e. The Hall–Kier alpha value is -1.62. The minimum absolute atomic E-state index is 0.137. The number of hydrogen-bond acceptors (Lipinski definition) is 3. The molecule has 5 heteroatoms. The molecule has 0 fully saturated rings. The van der Waals surface area contributed by atoms with E-state index in [1.807, 2.05) is 6.07 Å². The van der Waals surface area contributed by atoms with E-state index < -0.39 is 11.9 Å². The van der Waals surface area contributed by atoms with Crippen molar-refractivity contribution in [1.82, 2.24) is 0 Å². The van der Waals surface area contributed by atoms with Crippen LogP contribution in [0.5, 0.6) is 0 Å². The molecule has 4 nitrogen and oxygen atoms in total. The highest BCUT2D eigenvalue weighted by molar-refractivity contribution is 6.12. The molecule has 0 spiro atoms. The van der Waals surface area contributed by atoms with E-state index in [1.165, 1.54) is 0 Å². The zero-order valence-electron chi connectivity index (χ0n) is 13.1. The fourth-order valence-electron chi connectivity index (χ4n) is 2.46. The molecule has 0 saturated carbocycles. The summed E-state index contributed by atoms with van der Waals surface area (Å²) in [6.07, 6.45) is 5.52. The molecule has 1 N–H and O–H groups in total. The predicted molar refractivity (Wildman–Crippen MR) is 86.0 cm³/mol. The Labute approximate surface area is 129 Å². The molecule has 1 aromatic rings. The van der Waals surface area contributed by atoms with Crippen LogP contribution in [0.1, 0.15) is 71.4 Å². The van der Waals surface area contributed by atoms with Crippen molar-refractivity contribution in [1.29, 1.82) is 0 Å². The highest BCUT2D eigenvalue weighted by Gasteiger charge is 2.22. The second-order valence-corrected chi connectivity index (χ2v) is 5.54. The Morgan fingerprint density at radius 3 is 2.29 bits per heavy atom. The molecule has 0 aliphatic rings. The Bertz CT molecular complexity index is 511. The number of carboxylic acids is 1. The van der Waals surface area contributed by atoms with Crippen molar-refractivity contribution in [3.05, 3.63) is 34.4 Å². The van der Waals surface area contributed by atoms with Crippen LogP contribution in [0.3, 0.4) is 0 Å². The van der Waals surface area contributed by atoms with Crippen molar-refractivity contribution in [2.75, 3.05) is 0 Å². The molecule has 0 bridgehead atoms. The summed E-state index contributed by atoms with van der Waals surface area (Å²) < 4.78 is 4.84. The summed E-state index contributed by atoms with van der Waals surface area (Å²) in [7, 11) is 0.260. The molecule has 0 amide bonds. The number of hydrogen-bond donors (Lipinski definition) is 1. The largest absolute Gasteiger partial charge is 0.525 e. The monoisotopic (exact) mass is 308 g/mol. The van der Waals surface area contributed by atoms with Gasteiger partial charge in [-0.15, -0.1) is 0 Å². The topological polar surface area (TPSA) is 63.6 Å². The van der Waals surface area contributed by atoms with Gasteiger partial charge in [0.1, 0.15) is 0 Å². The standard InChI is InChI=1S/C16H24O4Si/c1-3-5-7-11-9-10-13(16(19)20-21)14(15(17)18)12(11)8-6-4-2/h9-10H,3-8H2,1-2,21H3,(H,17,18). The van der Waals surface area contributed by atoms with E-state index in [4.69, 9.17) is 4.43 Å². The first-order valence-corrected chi connectivity index (χ1v) is 8.34.